The molecule has 0 radical (unpaired) electrons. The van der Waals surface area contributed by atoms with Crippen molar-refractivity contribution in [1.82, 2.24) is 15.0 Å². The zero-order valence-electron chi connectivity index (χ0n) is 17.5. The van der Waals surface area contributed by atoms with Crippen molar-refractivity contribution < 1.29 is 32.9 Å². The lowest BCUT2D eigenvalue weighted by Crippen LogP contribution is -2.21. The molecule has 1 amide bonds. The molecular formula is C23H19F3N4O4. The van der Waals surface area contributed by atoms with E-state index >= 15 is 0 Å². The Morgan fingerprint density at radius 2 is 2.00 bits per heavy atom. The van der Waals surface area contributed by atoms with Gasteiger partial charge in [-0.15, -0.1) is 0 Å². The summed E-state index contributed by atoms with van der Waals surface area (Å²) in [6.07, 6.45) is -2.58. The SMILES string of the molecule is O=C(Nc1ccccn1)c1cc(F)cc2[nH]c(-c3ccc(OCC(O)CO)cc3C(F)F)nc12. The van der Waals surface area contributed by atoms with Crippen molar-refractivity contribution in [2.24, 2.45) is 0 Å². The molecule has 2 aromatic carbocycles. The predicted molar refractivity (Wildman–Crippen MR) is 117 cm³/mol. The number of halogens is 3. The van der Waals surface area contributed by atoms with Crippen molar-refractivity contribution in [3.8, 4) is 17.1 Å². The maximum absolute atomic E-state index is 14.2. The second-order valence-electron chi connectivity index (χ2n) is 7.30. The number of ether oxygens (including phenoxy) is 1. The monoisotopic (exact) mass is 472 g/mol. The van der Waals surface area contributed by atoms with Crippen LogP contribution in [-0.4, -0.2) is 50.4 Å². The highest BCUT2D eigenvalue weighted by molar-refractivity contribution is 6.11. The molecule has 176 valence electrons. The first-order chi connectivity index (χ1) is 16.4. The summed E-state index contributed by atoms with van der Waals surface area (Å²) in [5.41, 5.74) is -0.253. The van der Waals surface area contributed by atoms with E-state index in [1.54, 1.807) is 18.2 Å². The molecule has 2 heterocycles. The number of imidazole rings is 1. The lowest BCUT2D eigenvalue weighted by atomic mass is 10.1. The molecule has 1 unspecified atom stereocenters. The Hall–Kier alpha value is -3.96. The highest BCUT2D eigenvalue weighted by Gasteiger charge is 2.21. The van der Waals surface area contributed by atoms with Crippen LogP contribution in [0.15, 0.2) is 54.7 Å². The number of amides is 1. The Kier molecular flexibility index (Phi) is 6.75. The summed E-state index contributed by atoms with van der Waals surface area (Å²) in [6.45, 7) is -0.817. The molecule has 4 aromatic rings. The van der Waals surface area contributed by atoms with Crippen LogP contribution in [0.25, 0.3) is 22.4 Å². The number of nitrogens with one attached hydrogen (secondary N) is 2. The molecule has 0 bridgehead atoms. The third-order valence-corrected chi connectivity index (χ3v) is 4.87. The number of aliphatic hydroxyl groups excluding tert-OH is 2. The van der Waals surface area contributed by atoms with Gasteiger partial charge in [0.25, 0.3) is 12.3 Å². The Balaban J connectivity index is 1.71. The van der Waals surface area contributed by atoms with E-state index in [0.717, 1.165) is 18.2 Å². The average Bonchev–Trinajstić information content (AvgIpc) is 3.26. The van der Waals surface area contributed by atoms with Crippen LogP contribution in [0.3, 0.4) is 0 Å². The first-order valence-corrected chi connectivity index (χ1v) is 10.1. The highest BCUT2D eigenvalue weighted by atomic mass is 19.3. The number of benzene rings is 2. The van der Waals surface area contributed by atoms with Crippen LogP contribution < -0.4 is 10.1 Å². The lowest BCUT2D eigenvalue weighted by Gasteiger charge is -2.13. The molecule has 2 aromatic heterocycles. The van der Waals surface area contributed by atoms with Crippen LogP contribution in [0, 0.1) is 5.82 Å². The van der Waals surface area contributed by atoms with Gasteiger partial charge in [-0.05, 0) is 42.5 Å². The van der Waals surface area contributed by atoms with Gasteiger partial charge in [-0.3, -0.25) is 4.79 Å². The summed E-state index contributed by atoms with van der Waals surface area (Å²) in [5.74, 6) is -1.06. The number of anilines is 1. The number of H-pyrrole nitrogens is 1. The Labute approximate surface area is 191 Å². The maximum atomic E-state index is 14.2. The van der Waals surface area contributed by atoms with E-state index in [9.17, 15) is 23.1 Å². The van der Waals surface area contributed by atoms with Crippen LogP contribution in [-0.2, 0) is 0 Å². The molecule has 0 saturated carbocycles. The minimum absolute atomic E-state index is 0.00438. The number of aromatic nitrogens is 3. The van der Waals surface area contributed by atoms with Crippen LogP contribution in [0.5, 0.6) is 5.75 Å². The summed E-state index contributed by atoms with van der Waals surface area (Å²) in [4.78, 5) is 23.8. The fraction of sp³-hybridized carbons (Fsp3) is 0.174. The third kappa shape index (κ3) is 5.00. The molecule has 0 aliphatic rings. The largest absolute Gasteiger partial charge is 0.491 e. The van der Waals surface area contributed by atoms with Crippen molar-refractivity contribution in [1.29, 1.82) is 0 Å². The highest BCUT2D eigenvalue weighted by Crippen LogP contribution is 2.34. The topological polar surface area (TPSA) is 120 Å². The van der Waals surface area contributed by atoms with Crippen LogP contribution >= 0.6 is 0 Å². The molecule has 4 rings (SSSR count). The fourth-order valence-corrected chi connectivity index (χ4v) is 3.28. The summed E-state index contributed by atoms with van der Waals surface area (Å²) >= 11 is 0. The molecule has 0 aliphatic carbocycles. The number of fused-ring (bicyclic) bond motifs is 1. The zero-order chi connectivity index (χ0) is 24.2. The van der Waals surface area contributed by atoms with Crippen molar-refractivity contribution in [2.45, 2.75) is 12.5 Å². The summed E-state index contributed by atoms with van der Waals surface area (Å²) in [6, 6.07) is 10.8. The van der Waals surface area contributed by atoms with Gasteiger partial charge < -0.3 is 25.3 Å². The number of pyridine rings is 1. The lowest BCUT2D eigenvalue weighted by molar-refractivity contribution is 0.0534. The molecule has 8 nitrogen and oxygen atoms in total. The quantitative estimate of drug-likeness (QED) is 0.311. The molecular weight excluding hydrogens is 453 g/mol. The van der Waals surface area contributed by atoms with Gasteiger partial charge in [-0.2, -0.15) is 0 Å². The summed E-state index contributed by atoms with van der Waals surface area (Å²) in [7, 11) is 0. The molecule has 0 spiro atoms. The van der Waals surface area contributed by atoms with Crippen molar-refractivity contribution in [2.75, 3.05) is 18.5 Å². The molecule has 4 N–H and O–H groups in total. The van der Waals surface area contributed by atoms with Gasteiger partial charge in [0.05, 0.1) is 17.7 Å². The van der Waals surface area contributed by atoms with Gasteiger partial charge in [-0.1, -0.05) is 6.07 Å². The van der Waals surface area contributed by atoms with E-state index < -0.39 is 36.4 Å². The van der Waals surface area contributed by atoms with Gasteiger partial charge in [-0.25, -0.2) is 23.1 Å². The normalized spacial score (nSPS) is 12.2. The number of carbonyl (C=O) groups is 1. The van der Waals surface area contributed by atoms with Crippen molar-refractivity contribution >= 4 is 22.8 Å². The van der Waals surface area contributed by atoms with E-state index in [1.165, 1.54) is 18.3 Å². The Bertz CT molecular complexity index is 1310. The van der Waals surface area contributed by atoms with E-state index in [2.05, 4.69) is 20.3 Å². The number of hydrogen-bond donors (Lipinski definition) is 4. The van der Waals surface area contributed by atoms with Gasteiger partial charge in [0, 0.05) is 17.3 Å². The minimum atomic E-state index is -2.90. The smallest absolute Gasteiger partial charge is 0.264 e. The molecule has 0 saturated heterocycles. The number of aromatic amines is 1. The zero-order valence-corrected chi connectivity index (χ0v) is 17.5. The second-order valence-corrected chi connectivity index (χ2v) is 7.30. The molecule has 34 heavy (non-hydrogen) atoms. The van der Waals surface area contributed by atoms with Gasteiger partial charge in [0.15, 0.2) is 0 Å². The predicted octanol–water partition coefficient (Wildman–Crippen LogP) is 3.69. The van der Waals surface area contributed by atoms with E-state index in [4.69, 9.17) is 9.84 Å². The molecule has 1 atom stereocenters. The van der Waals surface area contributed by atoms with E-state index in [0.29, 0.717) is 0 Å². The van der Waals surface area contributed by atoms with E-state index in [1.807, 2.05) is 0 Å². The first kappa shape index (κ1) is 23.2. The van der Waals surface area contributed by atoms with E-state index in [-0.39, 0.29) is 46.2 Å². The van der Waals surface area contributed by atoms with Gasteiger partial charge in [0.2, 0.25) is 0 Å². The van der Waals surface area contributed by atoms with Crippen LogP contribution in [0.1, 0.15) is 22.3 Å². The number of rotatable bonds is 8. The summed E-state index contributed by atoms with van der Waals surface area (Å²) in [5, 5.41) is 20.8. The fourth-order valence-electron chi connectivity index (χ4n) is 3.28. The maximum Gasteiger partial charge on any atom is 0.264 e. The second kappa shape index (κ2) is 9.89. The number of hydrogen-bond acceptors (Lipinski definition) is 6. The molecule has 11 heteroatoms. The summed E-state index contributed by atoms with van der Waals surface area (Å²) < 4.78 is 47.1. The standard InChI is InChI=1S/C23H19F3N4O4/c24-12-7-17(23(33)29-19-3-1-2-6-27-19)20-18(8-12)28-22(30-20)15-5-4-14(9-16(15)21(25)26)34-11-13(32)10-31/h1-9,13,21,31-32H,10-11H2,(H,28,30)(H,27,29,33). The number of aliphatic hydroxyl groups is 2. The molecule has 0 fully saturated rings. The Morgan fingerprint density at radius 1 is 1.18 bits per heavy atom. The van der Waals surface area contributed by atoms with Gasteiger partial charge >= 0.3 is 0 Å². The van der Waals surface area contributed by atoms with Gasteiger partial charge in [0.1, 0.15) is 41.4 Å². The third-order valence-electron chi connectivity index (χ3n) is 4.87. The minimum Gasteiger partial charge on any atom is -0.491 e. The first-order valence-electron chi connectivity index (χ1n) is 10.1. The number of carbonyl (C=O) groups excluding carboxylic acids is 1. The number of alkyl halides is 2. The van der Waals surface area contributed by atoms with Crippen LogP contribution in [0.2, 0.25) is 0 Å². The average molecular weight is 472 g/mol. The van der Waals surface area contributed by atoms with Crippen LogP contribution in [0.4, 0.5) is 19.0 Å². The van der Waals surface area contributed by atoms with Crippen molar-refractivity contribution in [3.05, 3.63) is 71.7 Å². The molecule has 0 aliphatic heterocycles. The Morgan fingerprint density at radius 3 is 2.71 bits per heavy atom. The van der Waals surface area contributed by atoms with Crippen molar-refractivity contribution in [3.63, 3.8) is 0 Å². The number of nitrogens with zero attached hydrogens (tertiary/aromatic N) is 2.